The van der Waals surface area contributed by atoms with E-state index in [0.29, 0.717) is 0 Å². The molecule has 126 valence electrons. The lowest BCUT2D eigenvalue weighted by Crippen LogP contribution is -2.25. The van der Waals surface area contributed by atoms with E-state index in [4.69, 9.17) is 0 Å². The van der Waals surface area contributed by atoms with E-state index >= 15 is 0 Å². The number of ether oxygens (including phenoxy) is 2. The van der Waals surface area contributed by atoms with Crippen LogP contribution in [-0.2, 0) is 10.0 Å². The second kappa shape index (κ2) is 5.45. The van der Waals surface area contributed by atoms with E-state index in [-0.39, 0.29) is 33.4 Å². The Morgan fingerprint density at radius 3 is 2.50 bits per heavy atom. The zero-order valence-electron chi connectivity index (χ0n) is 12.2. The molecule has 0 bridgehead atoms. The molecule has 3 rings (SSSR count). The van der Waals surface area contributed by atoms with Crippen molar-refractivity contribution in [2.45, 2.75) is 18.1 Å². The number of hydrogen-bond acceptors (Lipinski definition) is 5. The van der Waals surface area contributed by atoms with Crippen LogP contribution < -0.4 is 14.2 Å². The van der Waals surface area contributed by atoms with Gasteiger partial charge in [-0.05, 0) is 31.2 Å². The first-order valence-corrected chi connectivity index (χ1v) is 8.18. The van der Waals surface area contributed by atoms with E-state index in [0.717, 1.165) is 6.07 Å². The maximum Gasteiger partial charge on any atom is 0.586 e. The number of carbonyl (C=O) groups excluding carboxylic acids is 1. The van der Waals surface area contributed by atoms with Gasteiger partial charge in [0.2, 0.25) is 0 Å². The molecular formula is C15H11F2NO5S. The van der Waals surface area contributed by atoms with Crippen LogP contribution >= 0.6 is 0 Å². The molecule has 0 amide bonds. The van der Waals surface area contributed by atoms with Crippen molar-refractivity contribution in [3.05, 3.63) is 48.0 Å². The third-order valence-electron chi connectivity index (χ3n) is 3.20. The lowest BCUT2D eigenvalue weighted by Gasteiger charge is -2.09. The minimum Gasteiger partial charge on any atom is -0.395 e. The van der Waals surface area contributed by atoms with Crippen LogP contribution in [0.1, 0.15) is 17.3 Å². The van der Waals surface area contributed by atoms with E-state index < -0.39 is 16.3 Å². The van der Waals surface area contributed by atoms with Gasteiger partial charge in [-0.1, -0.05) is 12.1 Å². The molecule has 1 N–H and O–H groups in total. The molecule has 0 fully saturated rings. The number of halogens is 2. The Morgan fingerprint density at radius 2 is 1.79 bits per heavy atom. The fraction of sp³-hybridized carbons (Fsp3) is 0.133. The summed E-state index contributed by atoms with van der Waals surface area (Å²) in [5, 5.41) is 0. The Morgan fingerprint density at radius 1 is 1.08 bits per heavy atom. The van der Waals surface area contributed by atoms with Crippen molar-refractivity contribution in [2.75, 3.05) is 4.72 Å². The molecule has 0 saturated heterocycles. The number of hydrogen-bond donors (Lipinski definition) is 1. The number of carbonyl (C=O) groups is 1. The minimum atomic E-state index is -4.00. The molecule has 9 heteroatoms. The topological polar surface area (TPSA) is 81.7 Å². The van der Waals surface area contributed by atoms with Crippen molar-refractivity contribution >= 4 is 21.5 Å². The number of benzene rings is 2. The molecule has 24 heavy (non-hydrogen) atoms. The molecule has 0 unspecified atom stereocenters. The smallest absolute Gasteiger partial charge is 0.395 e. The van der Waals surface area contributed by atoms with Gasteiger partial charge in [0.1, 0.15) is 0 Å². The van der Waals surface area contributed by atoms with Crippen molar-refractivity contribution in [3.8, 4) is 11.5 Å². The molecule has 6 nitrogen and oxygen atoms in total. The highest BCUT2D eigenvalue weighted by Crippen LogP contribution is 2.42. The van der Waals surface area contributed by atoms with Gasteiger partial charge in [-0.2, -0.15) is 0 Å². The van der Waals surface area contributed by atoms with Gasteiger partial charge in [0.25, 0.3) is 10.0 Å². The van der Waals surface area contributed by atoms with Gasteiger partial charge in [-0.15, -0.1) is 8.78 Å². The average Bonchev–Trinajstić information content (AvgIpc) is 2.80. The summed E-state index contributed by atoms with van der Waals surface area (Å²) >= 11 is 0. The minimum absolute atomic E-state index is 0.0169. The quantitative estimate of drug-likeness (QED) is 0.853. The van der Waals surface area contributed by atoms with Crippen LogP contribution in [0.3, 0.4) is 0 Å². The Hall–Kier alpha value is -2.68. The van der Waals surface area contributed by atoms with E-state index in [1.54, 1.807) is 0 Å². The number of rotatable bonds is 4. The molecule has 0 aliphatic carbocycles. The average molecular weight is 355 g/mol. The number of sulfonamides is 1. The van der Waals surface area contributed by atoms with Gasteiger partial charge in [0.05, 0.1) is 10.6 Å². The third kappa shape index (κ3) is 3.16. The van der Waals surface area contributed by atoms with E-state index in [9.17, 15) is 22.0 Å². The first-order valence-electron chi connectivity index (χ1n) is 6.70. The highest BCUT2D eigenvalue weighted by Gasteiger charge is 2.43. The molecule has 2 aromatic rings. The zero-order valence-corrected chi connectivity index (χ0v) is 13.1. The number of fused-ring (bicyclic) bond motifs is 1. The van der Waals surface area contributed by atoms with Gasteiger partial charge < -0.3 is 9.47 Å². The highest BCUT2D eigenvalue weighted by atomic mass is 32.2. The van der Waals surface area contributed by atoms with E-state index in [2.05, 4.69) is 14.2 Å². The monoisotopic (exact) mass is 355 g/mol. The van der Waals surface area contributed by atoms with Crippen LogP contribution in [-0.4, -0.2) is 20.5 Å². The van der Waals surface area contributed by atoms with E-state index in [1.807, 2.05) is 0 Å². The molecule has 2 aromatic carbocycles. The van der Waals surface area contributed by atoms with Crippen LogP contribution in [0.15, 0.2) is 47.4 Å². The summed E-state index contributed by atoms with van der Waals surface area (Å²) in [7, 11) is -4.00. The van der Waals surface area contributed by atoms with Crippen molar-refractivity contribution < 1.29 is 31.5 Å². The maximum atomic E-state index is 13.0. The second-order valence-corrected chi connectivity index (χ2v) is 6.70. The van der Waals surface area contributed by atoms with Gasteiger partial charge in [0.15, 0.2) is 17.3 Å². The van der Waals surface area contributed by atoms with Crippen molar-refractivity contribution in [3.63, 3.8) is 0 Å². The molecule has 1 aliphatic heterocycles. The van der Waals surface area contributed by atoms with Crippen LogP contribution in [0.25, 0.3) is 0 Å². The first kappa shape index (κ1) is 16.2. The standard InChI is InChI=1S/C15H11F2NO5S/c1-9(19)10-3-2-4-12(7-10)24(20,21)18-11-5-6-13-14(8-11)23-15(16,17)22-13/h2-8,18H,1H3. The largest absolute Gasteiger partial charge is 0.586 e. The van der Waals surface area contributed by atoms with Crippen molar-refractivity contribution in [2.24, 2.45) is 0 Å². The molecule has 0 aromatic heterocycles. The van der Waals surface area contributed by atoms with Crippen LogP contribution in [0.4, 0.5) is 14.5 Å². The summed E-state index contributed by atoms with van der Waals surface area (Å²) in [5.41, 5.74) is 0.256. The van der Waals surface area contributed by atoms with Crippen LogP contribution in [0.5, 0.6) is 11.5 Å². The van der Waals surface area contributed by atoms with Crippen molar-refractivity contribution in [1.29, 1.82) is 0 Å². The van der Waals surface area contributed by atoms with Gasteiger partial charge in [0, 0.05) is 11.6 Å². The molecule has 0 saturated carbocycles. The second-order valence-electron chi connectivity index (χ2n) is 5.02. The lowest BCUT2D eigenvalue weighted by molar-refractivity contribution is -0.286. The Bertz CT molecular complexity index is 927. The molecular weight excluding hydrogens is 344 g/mol. The zero-order chi connectivity index (χ0) is 17.5. The number of Topliss-reactive ketones (excluding diaryl/α,β-unsaturated/α-hetero) is 1. The fourth-order valence-electron chi connectivity index (χ4n) is 2.11. The van der Waals surface area contributed by atoms with Gasteiger partial charge >= 0.3 is 6.29 Å². The Labute approximate surface area is 136 Å². The number of alkyl halides is 2. The third-order valence-corrected chi connectivity index (χ3v) is 4.58. The van der Waals surface area contributed by atoms with Crippen LogP contribution in [0.2, 0.25) is 0 Å². The Balaban J connectivity index is 1.89. The normalized spacial score (nSPS) is 15.1. The maximum absolute atomic E-state index is 13.0. The summed E-state index contributed by atoms with van der Waals surface area (Å²) < 4.78 is 61.4. The SMILES string of the molecule is CC(=O)c1cccc(S(=O)(=O)Nc2ccc3c(c2)OC(F)(F)O3)c1. The molecule has 1 aliphatic rings. The number of nitrogens with one attached hydrogen (secondary N) is 1. The fourth-order valence-corrected chi connectivity index (χ4v) is 3.20. The van der Waals surface area contributed by atoms with Crippen LogP contribution in [0, 0.1) is 0 Å². The van der Waals surface area contributed by atoms with Gasteiger partial charge in [-0.3, -0.25) is 9.52 Å². The molecule has 0 spiro atoms. The summed E-state index contributed by atoms with van der Waals surface area (Å²) in [6, 6.07) is 8.98. The summed E-state index contributed by atoms with van der Waals surface area (Å²) in [4.78, 5) is 11.2. The predicted octanol–water partition coefficient (Wildman–Crippen LogP) is 3.01. The summed E-state index contributed by atoms with van der Waals surface area (Å²) in [6.07, 6.45) is -3.78. The first-order chi connectivity index (χ1) is 11.2. The Kier molecular flexibility index (Phi) is 3.67. The highest BCUT2D eigenvalue weighted by molar-refractivity contribution is 7.92. The number of anilines is 1. The lowest BCUT2D eigenvalue weighted by atomic mass is 10.2. The molecule has 0 radical (unpaired) electrons. The summed E-state index contributed by atoms with van der Waals surface area (Å²) in [5.74, 6) is -0.753. The van der Waals surface area contributed by atoms with E-state index in [1.165, 1.54) is 43.3 Å². The van der Waals surface area contributed by atoms with Gasteiger partial charge in [-0.25, -0.2) is 8.42 Å². The molecule has 1 heterocycles. The van der Waals surface area contributed by atoms with Crippen molar-refractivity contribution in [1.82, 2.24) is 0 Å². The summed E-state index contributed by atoms with van der Waals surface area (Å²) in [6.45, 7) is 1.32. The number of ketones is 1. The molecule has 0 atom stereocenters. The predicted molar refractivity (Wildman–Crippen MR) is 79.9 cm³/mol.